The molecule has 32 heavy (non-hydrogen) atoms. The van der Waals surface area contributed by atoms with Crippen molar-refractivity contribution in [1.82, 2.24) is 0 Å². The quantitative estimate of drug-likeness (QED) is 0.380. The second-order valence-electron chi connectivity index (χ2n) is 10.7. The monoisotopic (exact) mass is 456 g/mol. The van der Waals surface area contributed by atoms with E-state index in [4.69, 9.17) is 11.6 Å². The molecule has 0 radical (unpaired) electrons. The highest BCUT2D eigenvalue weighted by Gasteiger charge is 2.19. The molecule has 0 heterocycles. The number of aliphatic hydroxyl groups excluding tert-OH is 1. The molecule has 0 bridgehead atoms. The van der Waals surface area contributed by atoms with Gasteiger partial charge in [0.25, 0.3) is 0 Å². The largest absolute Gasteiger partial charge is 0.396 e. The number of aryl methyl sites for hydroxylation is 2. The lowest BCUT2D eigenvalue weighted by Crippen LogP contribution is -2.14. The number of benzene rings is 2. The molecule has 0 saturated heterocycles. The zero-order valence-corrected chi connectivity index (χ0v) is 21.6. The molecule has 2 rings (SSSR count). The molecule has 1 N–H and O–H groups in total. The standard InChI is InChI=1S/C29H41ClO2/c1-20(19-31)17-27-23(15-16-29(4,5)6)10-8-11-25(27)22(3)13-14-24(32)18-26-21(2)9-7-12-28(26)30/h7-12,20,22,31H,13-19H2,1-6H3/t20-,22-/m1/s1. The van der Waals surface area contributed by atoms with E-state index in [1.54, 1.807) is 0 Å². The van der Waals surface area contributed by atoms with E-state index in [1.165, 1.54) is 16.7 Å². The summed E-state index contributed by atoms with van der Waals surface area (Å²) in [5, 5.41) is 10.4. The molecule has 2 atom stereocenters. The van der Waals surface area contributed by atoms with E-state index in [0.29, 0.717) is 23.8 Å². The van der Waals surface area contributed by atoms with Crippen LogP contribution >= 0.6 is 11.6 Å². The van der Waals surface area contributed by atoms with Gasteiger partial charge in [0.15, 0.2) is 0 Å². The summed E-state index contributed by atoms with van der Waals surface area (Å²) in [6.07, 6.45) is 4.82. The summed E-state index contributed by atoms with van der Waals surface area (Å²) in [7, 11) is 0. The van der Waals surface area contributed by atoms with Gasteiger partial charge in [-0.05, 0) is 83.7 Å². The van der Waals surface area contributed by atoms with Crippen LogP contribution in [0, 0.1) is 18.3 Å². The fourth-order valence-corrected chi connectivity index (χ4v) is 4.52. The minimum Gasteiger partial charge on any atom is -0.396 e. The number of carbonyl (C=O) groups excluding carboxylic acids is 1. The van der Waals surface area contributed by atoms with Crippen LogP contribution in [0.2, 0.25) is 5.02 Å². The van der Waals surface area contributed by atoms with Gasteiger partial charge in [0.2, 0.25) is 0 Å². The van der Waals surface area contributed by atoms with Crippen molar-refractivity contribution in [2.24, 2.45) is 11.3 Å². The van der Waals surface area contributed by atoms with Crippen LogP contribution < -0.4 is 0 Å². The fourth-order valence-electron chi connectivity index (χ4n) is 4.23. The minimum atomic E-state index is 0.192. The lowest BCUT2D eigenvalue weighted by Gasteiger charge is -2.24. The summed E-state index contributed by atoms with van der Waals surface area (Å²) in [5.74, 6) is 0.755. The Morgan fingerprint density at radius 2 is 1.75 bits per heavy atom. The van der Waals surface area contributed by atoms with E-state index < -0.39 is 0 Å². The summed E-state index contributed by atoms with van der Waals surface area (Å²) in [6, 6.07) is 12.4. The maximum Gasteiger partial charge on any atom is 0.137 e. The maximum absolute atomic E-state index is 12.7. The van der Waals surface area contributed by atoms with Crippen LogP contribution in [0.5, 0.6) is 0 Å². The molecule has 2 aromatic carbocycles. The predicted molar refractivity (Wildman–Crippen MR) is 137 cm³/mol. The van der Waals surface area contributed by atoms with Crippen molar-refractivity contribution in [3.63, 3.8) is 0 Å². The number of halogens is 1. The Bertz CT molecular complexity index is 874. The topological polar surface area (TPSA) is 37.3 Å². The van der Waals surface area contributed by atoms with Crippen LogP contribution in [0.4, 0.5) is 0 Å². The molecule has 2 aromatic rings. The van der Waals surface area contributed by atoms with Gasteiger partial charge >= 0.3 is 0 Å². The molecular formula is C29H41ClO2. The van der Waals surface area contributed by atoms with Crippen molar-refractivity contribution in [1.29, 1.82) is 0 Å². The van der Waals surface area contributed by atoms with Crippen LogP contribution in [-0.4, -0.2) is 17.5 Å². The molecule has 0 aromatic heterocycles. The minimum absolute atomic E-state index is 0.192. The van der Waals surface area contributed by atoms with Gasteiger partial charge in [-0.3, -0.25) is 4.79 Å². The van der Waals surface area contributed by atoms with Crippen molar-refractivity contribution in [2.45, 2.75) is 86.0 Å². The SMILES string of the molecule is Cc1cccc(Cl)c1CC(=O)CC[C@@H](C)c1cccc(CCC(C)(C)C)c1C[C@@H](C)CO. The van der Waals surface area contributed by atoms with E-state index in [2.05, 4.69) is 52.8 Å². The number of Topliss-reactive ketones (excluding diaryl/α,β-unsaturated/α-hetero) is 1. The van der Waals surface area contributed by atoms with E-state index in [1.807, 2.05) is 25.1 Å². The molecule has 0 aliphatic rings. The first-order chi connectivity index (χ1) is 15.0. The Kier molecular flexibility index (Phi) is 9.98. The molecule has 2 nitrogen and oxygen atoms in total. The van der Waals surface area contributed by atoms with Crippen molar-refractivity contribution in [3.05, 3.63) is 69.2 Å². The summed E-state index contributed by atoms with van der Waals surface area (Å²) in [5.41, 5.74) is 6.41. The maximum atomic E-state index is 12.7. The van der Waals surface area contributed by atoms with Gasteiger partial charge in [0, 0.05) is 24.5 Å². The van der Waals surface area contributed by atoms with Crippen molar-refractivity contribution >= 4 is 17.4 Å². The van der Waals surface area contributed by atoms with Crippen LogP contribution in [0.25, 0.3) is 0 Å². The summed E-state index contributed by atoms with van der Waals surface area (Å²) in [4.78, 5) is 12.7. The molecule has 176 valence electrons. The van der Waals surface area contributed by atoms with Crippen molar-refractivity contribution in [3.8, 4) is 0 Å². The van der Waals surface area contributed by atoms with Crippen molar-refractivity contribution < 1.29 is 9.90 Å². The smallest absolute Gasteiger partial charge is 0.137 e. The average molecular weight is 457 g/mol. The lowest BCUT2D eigenvalue weighted by atomic mass is 9.81. The fraction of sp³-hybridized carbons (Fsp3) is 0.552. The number of ketones is 1. The average Bonchev–Trinajstić information content (AvgIpc) is 2.73. The first-order valence-corrected chi connectivity index (χ1v) is 12.4. The van der Waals surface area contributed by atoms with Crippen LogP contribution in [0.3, 0.4) is 0 Å². The molecule has 0 aliphatic heterocycles. The number of rotatable bonds is 11. The third-order valence-corrected chi connectivity index (χ3v) is 6.79. The molecule has 0 fully saturated rings. The number of hydrogen-bond acceptors (Lipinski definition) is 2. The second-order valence-corrected chi connectivity index (χ2v) is 11.1. The molecule has 0 saturated carbocycles. The lowest BCUT2D eigenvalue weighted by molar-refractivity contribution is -0.118. The van der Waals surface area contributed by atoms with Crippen molar-refractivity contribution in [2.75, 3.05) is 6.61 Å². The Morgan fingerprint density at radius 1 is 1.06 bits per heavy atom. The first-order valence-electron chi connectivity index (χ1n) is 12.0. The number of aliphatic hydroxyl groups is 1. The van der Waals surface area contributed by atoms with Gasteiger partial charge in [-0.2, -0.15) is 0 Å². The first kappa shape index (κ1) is 26.6. The zero-order chi connectivity index (χ0) is 23.9. The van der Waals surface area contributed by atoms with Crippen LogP contribution in [-0.2, 0) is 24.1 Å². The van der Waals surface area contributed by atoms with E-state index in [-0.39, 0.29) is 23.7 Å². The third-order valence-electron chi connectivity index (χ3n) is 6.43. The van der Waals surface area contributed by atoms with Gasteiger partial charge in [0.05, 0.1) is 0 Å². The van der Waals surface area contributed by atoms with E-state index >= 15 is 0 Å². The third kappa shape index (κ3) is 8.05. The highest BCUT2D eigenvalue weighted by molar-refractivity contribution is 6.31. The van der Waals surface area contributed by atoms with Crippen LogP contribution in [0.1, 0.15) is 87.6 Å². The molecule has 0 unspecified atom stereocenters. The molecule has 3 heteroatoms. The van der Waals surface area contributed by atoms with Gasteiger partial charge in [-0.15, -0.1) is 0 Å². The normalized spacial score (nSPS) is 13.8. The molecule has 0 spiro atoms. The predicted octanol–water partition coefficient (Wildman–Crippen LogP) is 7.49. The Balaban J connectivity index is 2.15. The molecule has 0 aliphatic carbocycles. The number of hydrogen-bond donors (Lipinski definition) is 1. The number of carbonyl (C=O) groups is 1. The molecule has 0 amide bonds. The summed E-state index contributed by atoms with van der Waals surface area (Å²) in [6.45, 7) is 13.4. The van der Waals surface area contributed by atoms with Crippen LogP contribution in [0.15, 0.2) is 36.4 Å². The van der Waals surface area contributed by atoms with Gasteiger partial charge in [-0.25, -0.2) is 0 Å². The zero-order valence-electron chi connectivity index (χ0n) is 20.8. The molecular weight excluding hydrogens is 416 g/mol. The van der Waals surface area contributed by atoms with E-state index in [9.17, 15) is 9.90 Å². The second kappa shape index (κ2) is 12.0. The Hall–Kier alpha value is -1.64. The van der Waals surface area contributed by atoms with Gasteiger partial charge < -0.3 is 5.11 Å². The van der Waals surface area contributed by atoms with E-state index in [0.717, 1.165) is 36.8 Å². The highest BCUT2D eigenvalue weighted by atomic mass is 35.5. The summed E-state index contributed by atoms with van der Waals surface area (Å²) >= 11 is 6.32. The van der Waals surface area contributed by atoms with Gasteiger partial charge in [-0.1, -0.05) is 76.6 Å². The highest BCUT2D eigenvalue weighted by Crippen LogP contribution is 2.31. The Morgan fingerprint density at radius 3 is 2.38 bits per heavy atom. The Labute approximate surface area is 200 Å². The summed E-state index contributed by atoms with van der Waals surface area (Å²) < 4.78 is 0. The van der Waals surface area contributed by atoms with Gasteiger partial charge in [0.1, 0.15) is 5.78 Å².